The van der Waals surface area contributed by atoms with Crippen molar-refractivity contribution in [2.75, 3.05) is 19.6 Å². The van der Waals surface area contributed by atoms with Crippen LogP contribution in [0.2, 0.25) is 0 Å². The molecule has 2 atom stereocenters. The van der Waals surface area contributed by atoms with Crippen LogP contribution in [0, 0.1) is 5.92 Å². The normalized spacial score (nSPS) is 22.2. The number of aromatic nitrogens is 3. The lowest BCUT2D eigenvalue weighted by atomic mass is 9.94. The molecule has 2 aromatic rings. The molecule has 1 N–H and O–H groups in total. The summed E-state index contributed by atoms with van der Waals surface area (Å²) in [6.45, 7) is 6.04. The fourth-order valence-electron chi connectivity index (χ4n) is 4.04. The number of nitrogens with zero attached hydrogens (tertiary/aromatic N) is 4. The van der Waals surface area contributed by atoms with Crippen LogP contribution < -0.4 is 0 Å². The molecule has 0 saturated carbocycles. The number of rotatable bonds is 3. The number of carbonyl (C=O) groups is 2. The highest BCUT2D eigenvalue weighted by Gasteiger charge is 2.39. The van der Waals surface area contributed by atoms with Gasteiger partial charge in [-0.15, -0.1) is 0 Å². The van der Waals surface area contributed by atoms with Gasteiger partial charge in [-0.2, -0.15) is 5.10 Å². The lowest BCUT2D eigenvalue weighted by Crippen LogP contribution is -2.47. The van der Waals surface area contributed by atoms with Crippen LogP contribution in [0.4, 0.5) is 0 Å². The number of carbonyl (C=O) groups excluding carboxylic acids is 2. The number of piperidine rings is 1. The molecule has 5 rings (SSSR count). The number of hydrogen-bond acceptors (Lipinski definition) is 4. The van der Waals surface area contributed by atoms with Gasteiger partial charge in [-0.25, -0.2) is 0 Å². The molecule has 0 spiro atoms. The lowest BCUT2D eigenvalue weighted by Gasteiger charge is -2.35. The van der Waals surface area contributed by atoms with Gasteiger partial charge >= 0.3 is 0 Å². The molecule has 2 unspecified atom stereocenters. The largest absolute Gasteiger partial charge is 0.335 e. The zero-order valence-corrected chi connectivity index (χ0v) is 15.8. The monoisotopic (exact) mass is 367 g/mol. The molecule has 7 nitrogen and oxygen atoms in total. The Morgan fingerprint density at radius 1 is 1.11 bits per heavy atom. The Morgan fingerprint density at radius 2 is 1.96 bits per heavy atom. The highest BCUT2D eigenvalue weighted by atomic mass is 16.2. The number of fused-ring (bicyclic) bond motifs is 4. The summed E-state index contributed by atoms with van der Waals surface area (Å²) in [5.74, 6) is 0.499. The molecule has 142 valence electrons. The summed E-state index contributed by atoms with van der Waals surface area (Å²) in [6.07, 6.45) is 3.60. The van der Waals surface area contributed by atoms with Gasteiger partial charge in [-0.05, 0) is 42.9 Å². The van der Waals surface area contributed by atoms with E-state index in [0.717, 1.165) is 18.5 Å². The van der Waals surface area contributed by atoms with Gasteiger partial charge in [0.2, 0.25) is 0 Å². The van der Waals surface area contributed by atoms with Crippen molar-refractivity contribution in [1.82, 2.24) is 25.0 Å². The summed E-state index contributed by atoms with van der Waals surface area (Å²) < 4.78 is 0. The zero-order chi connectivity index (χ0) is 19.0. The number of hydrogen-bond donors (Lipinski definition) is 1. The van der Waals surface area contributed by atoms with Crippen molar-refractivity contribution in [3.05, 3.63) is 47.5 Å². The van der Waals surface area contributed by atoms with Crippen LogP contribution in [-0.2, 0) is 0 Å². The quantitative estimate of drug-likeness (QED) is 0.902. The predicted molar refractivity (Wildman–Crippen MR) is 100 cm³/mol. The van der Waals surface area contributed by atoms with Crippen molar-refractivity contribution < 1.29 is 9.59 Å². The summed E-state index contributed by atoms with van der Waals surface area (Å²) in [5, 5.41) is 7.18. The Morgan fingerprint density at radius 3 is 2.67 bits per heavy atom. The number of aromatic amines is 1. The Hall–Kier alpha value is -2.70. The fraction of sp³-hybridized carbons (Fsp3) is 0.500. The predicted octanol–water partition coefficient (Wildman–Crippen LogP) is 2.30. The molecule has 0 radical (unpaired) electrons. The van der Waals surface area contributed by atoms with Crippen molar-refractivity contribution in [3.8, 4) is 0 Å². The van der Waals surface area contributed by atoms with E-state index >= 15 is 0 Å². The third-order valence-corrected chi connectivity index (χ3v) is 5.58. The topological polar surface area (TPSA) is 82.2 Å². The third kappa shape index (κ3) is 3.46. The van der Waals surface area contributed by atoms with Gasteiger partial charge in [-0.1, -0.05) is 19.9 Å². The zero-order valence-electron chi connectivity index (χ0n) is 15.8. The molecule has 5 heterocycles. The Labute approximate surface area is 158 Å². The molecule has 2 amide bonds. The number of nitrogens with one attached hydrogen (secondary N) is 1. The van der Waals surface area contributed by atoms with Gasteiger partial charge in [-0.3, -0.25) is 19.7 Å². The van der Waals surface area contributed by atoms with E-state index in [1.54, 1.807) is 18.3 Å². The molecule has 2 bridgehead atoms. The van der Waals surface area contributed by atoms with Gasteiger partial charge in [0, 0.05) is 37.6 Å². The smallest absolute Gasteiger partial charge is 0.274 e. The Bertz CT molecular complexity index is 832. The molecular formula is C20H25N5O2. The Balaban J connectivity index is 1.52. The first-order chi connectivity index (χ1) is 13.0. The maximum atomic E-state index is 13.1. The number of pyridine rings is 1. The minimum Gasteiger partial charge on any atom is -0.335 e. The van der Waals surface area contributed by atoms with Crippen LogP contribution in [0.1, 0.15) is 59.3 Å². The van der Waals surface area contributed by atoms with E-state index in [1.165, 1.54) is 0 Å². The minimum atomic E-state index is -0.0522. The molecule has 3 aliphatic heterocycles. The van der Waals surface area contributed by atoms with Crippen molar-refractivity contribution in [2.24, 2.45) is 5.92 Å². The van der Waals surface area contributed by atoms with Crippen molar-refractivity contribution in [2.45, 2.75) is 38.6 Å². The molecule has 3 fully saturated rings. The summed E-state index contributed by atoms with van der Waals surface area (Å²) in [7, 11) is 0. The molecule has 0 aliphatic carbocycles. The molecule has 3 aliphatic rings. The van der Waals surface area contributed by atoms with Gasteiger partial charge in [0.15, 0.2) is 0 Å². The first kappa shape index (κ1) is 17.7. The average molecular weight is 367 g/mol. The van der Waals surface area contributed by atoms with Gasteiger partial charge in [0.1, 0.15) is 11.4 Å². The molecule has 27 heavy (non-hydrogen) atoms. The van der Waals surface area contributed by atoms with Crippen LogP contribution in [0.3, 0.4) is 0 Å². The van der Waals surface area contributed by atoms with Crippen molar-refractivity contribution in [3.63, 3.8) is 0 Å². The van der Waals surface area contributed by atoms with E-state index in [2.05, 4.69) is 29.0 Å². The standard InChI is InChI=1S/C20H25N5O2/c1-13(2)17-9-18(23-22-17)20(27)25-11-14-6-7-15(25)12-24(10-14)19(26)16-5-3-4-8-21-16/h3-5,8-9,13-15H,6-7,10-12H2,1-2H3,(H,22,23). The molecule has 7 heteroatoms. The van der Waals surface area contributed by atoms with E-state index in [-0.39, 0.29) is 17.9 Å². The van der Waals surface area contributed by atoms with E-state index in [1.807, 2.05) is 21.9 Å². The molecule has 2 aromatic heterocycles. The third-order valence-electron chi connectivity index (χ3n) is 5.58. The second-order valence-corrected chi connectivity index (χ2v) is 7.84. The van der Waals surface area contributed by atoms with Crippen LogP contribution in [0.5, 0.6) is 0 Å². The van der Waals surface area contributed by atoms with Crippen molar-refractivity contribution in [1.29, 1.82) is 0 Å². The van der Waals surface area contributed by atoms with Crippen LogP contribution >= 0.6 is 0 Å². The van der Waals surface area contributed by atoms with E-state index in [4.69, 9.17) is 0 Å². The van der Waals surface area contributed by atoms with Crippen LogP contribution in [-0.4, -0.2) is 62.5 Å². The summed E-state index contributed by atoms with van der Waals surface area (Å²) in [4.78, 5) is 33.9. The van der Waals surface area contributed by atoms with Crippen LogP contribution in [0.25, 0.3) is 0 Å². The van der Waals surface area contributed by atoms with E-state index in [9.17, 15) is 9.59 Å². The molecule has 3 saturated heterocycles. The van der Waals surface area contributed by atoms with Crippen molar-refractivity contribution >= 4 is 11.8 Å². The molecule has 0 aromatic carbocycles. The highest BCUT2D eigenvalue weighted by molar-refractivity contribution is 5.94. The second kappa shape index (κ2) is 7.13. The van der Waals surface area contributed by atoms with Gasteiger partial charge in [0.25, 0.3) is 11.8 Å². The first-order valence-corrected chi connectivity index (χ1v) is 9.59. The van der Waals surface area contributed by atoms with E-state index in [0.29, 0.717) is 42.9 Å². The maximum Gasteiger partial charge on any atom is 0.274 e. The number of amides is 2. The first-order valence-electron chi connectivity index (χ1n) is 9.59. The summed E-state index contributed by atoms with van der Waals surface area (Å²) in [5.41, 5.74) is 1.89. The van der Waals surface area contributed by atoms with Gasteiger partial charge in [0.05, 0.1) is 0 Å². The van der Waals surface area contributed by atoms with Crippen LogP contribution in [0.15, 0.2) is 30.5 Å². The van der Waals surface area contributed by atoms with E-state index < -0.39 is 0 Å². The second-order valence-electron chi connectivity index (χ2n) is 7.84. The SMILES string of the molecule is CC(C)c1cc(C(=O)N2CC3CCC2CN(C(=O)c2ccccn2)C3)n[nH]1. The summed E-state index contributed by atoms with van der Waals surface area (Å²) in [6, 6.07) is 7.26. The lowest BCUT2D eigenvalue weighted by molar-refractivity contribution is 0.0568. The maximum absolute atomic E-state index is 13.1. The highest BCUT2D eigenvalue weighted by Crippen LogP contribution is 2.30. The molecular weight excluding hydrogens is 342 g/mol. The number of H-pyrrole nitrogens is 1. The van der Waals surface area contributed by atoms with Gasteiger partial charge < -0.3 is 9.80 Å². The Kier molecular flexibility index (Phi) is 4.68. The minimum absolute atomic E-state index is 0.0307. The summed E-state index contributed by atoms with van der Waals surface area (Å²) >= 11 is 0. The average Bonchev–Trinajstić information content (AvgIpc) is 3.01. The fourth-order valence-corrected chi connectivity index (χ4v) is 4.04.